The number of aromatic nitrogens is 5. The lowest BCUT2D eigenvalue weighted by Gasteiger charge is -2.07. The number of rotatable bonds is 4. The molecule has 1 aliphatic rings. The second kappa shape index (κ2) is 4.93. The van der Waals surface area contributed by atoms with Crippen molar-refractivity contribution in [3.63, 3.8) is 0 Å². The summed E-state index contributed by atoms with van der Waals surface area (Å²) in [6.45, 7) is 4.02. The predicted octanol–water partition coefficient (Wildman–Crippen LogP) is 1.55. The van der Waals surface area contributed by atoms with E-state index in [9.17, 15) is 4.79 Å². The molecule has 3 N–H and O–H groups in total. The maximum Gasteiger partial charge on any atom is 0.344 e. The van der Waals surface area contributed by atoms with Gasteiger partial charge in [0.15, 0.2) is 5.16 Å². The fraction of sp³-hybridized carbons (Fsp3) is 0.500. The van der Waals surface area contributed by atoms with Gasteiger partial charge in [0.1, 0.15) is 16.7 Å². The van der Waals surface area contributed by atoms with Crippen LogP contribution in [0.15, 0.2) is 21.0 Å². The predicted molar refractivity (Wildman–Crippen MR) is 75.8 cm³/mol. The molecule has 2 heterocycles. The molecule has 3 rings (SSSR count). The van der Waals surface area contributed by atoms with Crippen LogP contribution in [-0.2, 0) is 0 Å². The number of nitrogens with two attached hydrogens (primary N) is 1. The third-order valence-corrected chi connectivity index (χ3v) is 3.92. The van der Waals surface area contributed by atoms with Crippen LogP contribution in [0.2, 0.25) is 0 Å². The summed E-state index contributed by atoms with van der Waals surface area (Å²) in [5.74, 6) is 1.33. The van der Waals surface area contributed by atoms with E-state index in [1.807, 2.05) is 13.8 Å². The Balaban J connectivity index is 1.93. The summed E-state index contributed by atoms with van der Waals surface area (Å²) in [6, 6.07) is 1.97. The van der Waals surface area contributed by atoms with Gasteiger partial charge in [0, 0.05) is 18.0 Å². The van der Waals surface area contributed by atoms with Gasteiger partial charge in [0.25, 0.3) is 0 Å². The van der Waals surface area contributed by atoms with Crippen LogP contribution in [0.25, 0.3) is 0 Å². The van der Waals surface area contributed by atoms with E-state index in [2.05, 4.69) is 20.2 Å². The molecule has 0 atom stereocenters. The third kappa shape index (κ3) is 2.55. The summed E-state index contributed by atoms with van der Waals surface area (Å²) in [5.41, 5.74) is 5.64. The molecule has 106 valence electrons. The number of H-pyrrole nitrogens is 1. The van der Waals surface area contributed by atoms with Crippen LogP contribution in [-0.4, -0.2) is 24.7 Å². The second-order valence-corrected chi connectivity index (χ2v) is 6.15. The van der Waals surface area contributed by atoms with E-state index in [-0.39, 0.29) is 17.6 Å². The van der Waals surface area contributed by atoms with E-state index in [0.717, 1.165) is 12.8 Å². The maximum atomic E-state index is 11.7. The Labute approximate surface area is 120 Å². The zero-order chi connectivity index (χ0) is 14.3. The molecule has 0 aromatic carbocycles. The Bertz CT molecular complexity index is 687. The van der Waals surface area contributed by atoms with Gasteiger partial charge in [-0.2, -0.15) is 0 Å². The van der Waals surface area contributed by atoms with Crippen molar-refractivity contribution in [3.8, 4) is 0 Å². The van der Waals surface area contributed by atoms with Crippen molar-refractivity contribution in [3.05, 3.63) is 22.4 Å². The van der Waals surface area contributed by atoms with Crippen LogP contribution in [0.1, 0.15) is 44.5 Å². The number of aromatic amines is 1. The molecule has 0 spiro atoms. The molecule has 0 saturated heterocycles. The van der Waals surface area contributed by atoms with Crippen molar-refractivity contribution >= 4 is 17.6 Å². The summed E-state index contributed by atoms with van der Waals surface area (Å²) in [7, 11) is 0. The molecule has 0 radical (unpaired) electrons. The van der Waals surface area contributed by atoms with Gasteiger partial charge in [-0.05, 0) is 24.6 Å². The molecule has 1 saturated carbocycles. The minimum absolute atomic E-state index is 0.166. The number of anilines is 1. The molecule has 0 aliphatic heterocycles. The standard InChI is InChI=1S/C12H16N6OS/c1-6(2)10-14-8(13)5-9(15-10)20-12-17-16-11(19)18(12)7-3-4-7/h5-7H,3-4H2,1-2H3,(H,16,19)(H2,13,14,15). The quantitative estimate of drug-likeness (QED) is 0.829. The average molecular weight is 292 g/mol. The molecule has 20 heavy (non-hydrogen) atoms. The second-order valence-electron chi connectivity index (χ2n) is 5.16. The lowest BCUT2D eigenvalue weighted by atomic mass is 10.2. The smallest absolute Gasteiger partial charge is 0.344 e. The van der Waals surface area contributed by atoms with Crippen molar-refractivity contribution < 1.29 is 0 Å². The van der Waals surface area contributed by atoms with Gasteiger partial charge in [-0.3, -0.25) is 4.57 Å². The van der Waals surface area contributed by atoms with E-state index < -0.39 is 0 Å². The minimum Gasteiger partial charge on any atom is -0.384 e. The first-order valence-corrected chi connectivity index (χ1v) is 7.35. The van der Waals surface area contributed by atoms with E-state index in [0.29, 0.717) is 21.8 Å². The van der Waals surface area contributed by atoms with Gasteiger partial charge >= 0.3 is 5.69 Å². The Hall–Kier alpha value is -1.83. The van der Waals surface area contributed by atoms with Crippen LogP contribution >= 0.6 is 11.8 Å². The normalized spacial score (nSPS) is 14.9. The van der Waals surface area contributed by atoms with Crippen LogP contribution < -0.4 is 11.4 Å². The third-order valence-electron chi connectivity index (χ3n) is 3.04. The highest BCUT2D eigenvalue weighted by molar-refractivity contribution is 7.99. The van der Waals surface area contributed by atoms with Gasteiger partial charge < -0.3 is 5.73 Å². The van der Waals surface area contributed by atoms with Gasteiger partial charge in [0.05, 0.1) is 0 Å². The van der Waals surface area contributed by atoms with Crippen LogP contribution in [0.3, 0.4) is 0 Å². The van der Waals surface area contributed by atoms with Crippen molar-refractivity contribution in [1.82, 2.24) is 24.7 Å². The maximum absolute atomic E-state index is 11.7. The van der Waals surface area contributed by atoms with Gasteiger partial charge in [-0.1, -0.05) is 13.8 Å². The largest absolute Gasteiger partial charge is 0.384 e. The molecular weight excluding hydrogens is 276 g/mol. The number of hydrogen-bond donors (Lipinski definition) is 2. The lowest BCUT2D eigenvalue weighted by Crippen LogP contribution is -2.16. The first-order valence-electron chi connectivity index (χ1n) is 6.54. The molecular formula is C12H16N6OS. The Morgan fingerprint density at radius 3 is 2.85 bits per heavy atom. The number of hydrogen-bond acceptors (Lipinski definition) is 6. The Morgan fingerprint density at radius 2 is 2.20 bits per heavy atom. The van der Waals surface area contributed by atoms with Crippen molar-refractivity contribution in [2.75, 3.05) is 5.73 Å². The molecule has 2 aromatic heterocycles. The fourth-order valence-electron chi connectivity index (χ4n) is 1.88. The van der Waals surface area contributed by atoms with Crippen molar-refractivity contribution in [2.24, 2.45) is 0 Å². The Kier molecular flexibility index (Phi) is 3.25. The first-order chi connectivity index (χ1) is 9.54. The first kappa shape index (κ1) is 13.2. The van der Waals surface area contributed by atoms with Crippen molar-refractivity contribution in [2.45, 2.75) is 48.8 Å². The summed E-state index contributed by atoms with van der Waals surface area (Å²) in [6.07, 6.45) is 2.05. The minimum atomic E-state index is -0.166. The molecule has 0 amide bonds. The molecule has 1 fully saturated rings. The molecule has 1 aliphatic carbocycles. The van der Waals surface area contributed by atoms with Gasteiger partial charge in [-0.25, -0.2) is 19.9 Å². The fourth-order valence-corrected chi connectivity index (χ4v) is 2.81. The number of nitrogen functional groups attached to an aromatic ring is 1. The number of nitrogens with one attached hydrogen (secondary N) is 1. The summed E-state index contributed by atoms with van der Waals surface area (Å²) in [5, 5.41) is 7.90. The Morgan fingerprint density at radius 1 is 1.45 bits per heavy atom. The lowest BCUT2D eigenvalue weighted by molar-refractivity contribution is 0.641. The van der Waals surface area contributed by atoms with Crippen LogP contribution in [0.4, 0.5) is 5.82 Å². The van der Waals surface area contributed by atoms with Crippen LogP contribution in [0, 0.1) is 0 Å². The van der Waals surface area contributed by atoms with Gasteiger partial charge in [0.2, 0.25) is 0 Å². The average Bonchev–Trinajstić information content (AvgIpc) is 3.14. The molecule has 8 heteroatoms. The number of nitrogens with zero attached hydrogens (tertiary/aromatic N) is 4. The van der Waals surface area contributed by atoms with Crippen molar-refractivity contribution in [1.29, 1.82) is 0 Å². The van der Waals surface area contributed by atoms with Gasteiger partial charge in [-0.15, -0.1) is 5.10 Å². The zero-order valence-electron chi connectivity index (χ0n) is 11.3. The highest BCUT2D eigenvalue weighted by atomic mass is 32.2. The SMILES string of the molecule is CC(C)c1nc(N)cc(Sc2n[nH]c(=O)n2C2CC2)n1. The molecule has 2 aromatic rings. The molecule has 7 nitrogen and oxygen atoms in total. The highest BCUT2D eigenvalue weighted by Gasteiger charge is 2.29. The summed E-state index contributed by atoms with van der Waals surface area (Å²) in [4.78, 5) is 20.4. The highest BCUT2D eigenvalue weighted by Crippen LogP contribution is 2.37. The molecule has 0 bridgehead atoms. The van der Waals surface area contributed by atoms with Crippen LogP contribution in [0.5, 0.6) is 0 Å². The summed E-state index contributed by atoms with van der Waals surface area (Å²) >= 11 is 1.34. The van der Waals surface area contributed by atoms with E-state index in [1.165, 1.54) is 11.8 Å². The van der Waals surface area contributed by atoms with E-state index >= 15 is 0 Å². The van der Waals surface area contributed by atoms with E-state index in [4.69, 9.17) is 5.73 Å². The summed E-state index contributed by atoms with van der Waals surface area (Å²) < 4.78 is 1.69. The zero-order valence-corrected chi connectivity index (χ0v) is 12.1. The molecule has 0 unspecified atom stereocenters. The monoisotopic (exact) mass is 292 g/mol. The van der Waals surface area contributed by atoms with E-state index in [1.54, 1.807) is 10.6 Å². The topological polar surface area (TPSA) is 102 Å².